The second-order valence-corrected chi connectivity index (χ2v) is 4.01. The van der Waals surface area contributed by atoms with Crippen molar-refractivity contribution in [3.05, 3.63) is 40.6 Å². The fourth-order valence-corrected chi connectivity index (χ4v) is 1.84. The zero-order valence-electron chi connectivity index (χ0n) is 8.54. The van der Waals surface area contributed by atoms with E-state index in [0.29, 0.717) is 10.0 Å². The molecule has 2 rings (SSSR count). The van der Waals surface area contributed by atoms with Gasteiger partial charge in [-0.05, 0) is 18.2 Å². The normalized spacial score (nSPS) is 10.2. The Balaban J connectivity index is 2.49. The molecule has 0 saturated carbocycles. The summed E-state index contributed by atoms with van der Waals surface area (Å²) in [6.45, 7) is 0. The second-order valence-electron chi connectivity index (χ2n) is 3.16. The lowest BCUT2D eigenvalue weighted by Gasteiger charge is -2.05. The van der Waals surface area contributed by atoms with Crippen LogP contribution in [0.1, 0.15) is 0 Å². The number of nitrogens with zero attached hydrogens (tertiary/aromatic N) is 2. The molecule has 0 aliphatic rings. The Morgan fingerprint density at radius 3 is 2.62 bits per heavy atom. The highest BCUT2D eigenvalue weighted by molar-refractivity contribution is 6.36. The fourth-order valence-electron chi connectivity index (χ4n) is 1.34. The molecule has 0 radical (unpaired) electrons. The van der Waals surface area contributed by atoms with E-state index < -0.39 is 0 Å². The van der Waals surface area contributed by atoms with Gasteiger partial charge < -0.3 is 5.32 Å². The Morgan fingerprint density at radius 2 is 1.94 bits per heavy atom. The molecular formula is C11H9Cl2N3. The van der Waals surface area contributed by atoms with E-state index in [-0.39, 0.29) is 0 Å². The predicted octanol–water partition coefficient (Wildman–Crippen LogP) is 3.49. The predicted molar refractivity (Wildman–Crippen MR) is 67.0 cm³/mol. The minimum Gasteiger partial charge on any atom is -0.373 e. The molecule has 0 aliphatic heterocycles. The van der Waals surface area contributed by atoms with Crippen molar-refractivity contribution in [1.82, 2.24) is 9.97 Å². The minimum atomic E-state index is 0.577. The van der Waals surface area contributed by atoms with Crippen molar-refractivity contribution in [3.63, 3.8) is 0 Å². The zero-order chi connectivity index (χ0) is 11.5. The van der Waals surface area contributed by atoms with E-state index in [0.717, 1.165) is 17.1 Å². The highest BCUT2D eigenvalue weighted by Gasteiger charge is 2.06. The molecule has 0 bridgehead atoms. The van der Waals surface area contributed by atoms with Gasteiger partial charge in [0.25, 0.3) is 0 Å². The van der Waals surface area contributed by atoms with Crippen LogP contribution in [0, 0.1) is 0 Å². The van der Waals surface area contributed by atoms with Gasteiger partial charge in [0.2, 0.25) is 0 Å². The molecule has 0 unspecified atom stereocenters. The Morgan fingerprint density at radius 1 is 1.12 bits per heavy atom. The molecular weight excluding hydrogens is 245 g/mol. The van der Waals surface area contributed by atoms with Crippen LogP contribution in [-0.2, 0) is 0 Å². The summed E-state index contributed by atoms with van der Waals surface area (Å²) in [6.07, 6.45) is 1.49. The first-order valence-electron chi connectivity index (χ1n) is 4.66. The first-order chi connectivity index (χ1) is 7.70. The van der Waals surface area contributed by atoms with Gasteiger partial charge in [0, 0.05) is 23.7 Å². The average Bonchev–Trinajstić information content (AvgIpc) is 2.29. The maximum absolute atomic E-state index is 6.09. The van der Waals surface area contributed by atoms with Gasteiger partial charge in [0.15, 0.2) is 0 Å². The van der Waals surface area contributed by atoms with Crippen molar-refractivity contribution < 1.29 is 0 Å². The third kappa shape index (κ3) is 2.26. The molecule has 0 saturated heterocycles. The smallest absolute Gasteiger partial charge is 0.129 e. The Kier molecular flexibility index (Phi) is 3.27. The van der Waals surface area contributed by atoms with Crippen LogP contribution in [-0.4, -0.2) is 17.0 Å². The van der Waals surface area contributed by atoms with Crippen LogP contribution in [0.4, 0.5) is 5.82 Å². The summed E-state index contributed by atoms with van der Waals surface area (Å²) in [7, 11) is 1.80. The van der Waals surface area contributed by atoms with Gasteiger partial charge in [-0.15, -0.1) is 0 Å². The molecule has 5 heteroatoms. The van der Waals surface area contributed by atoms with E-state index in [1.54, 1.807) is 19.2 Å². The molecule has 0 aliphatic carbocycles. The van der Waals surface area contributed by atoms with Gasteiger partial charge in [-0.2, -0.15) is 0 Å². The Hall–Kier alpha value is -1.32. The van der Waals surface area contributed by atoms with Crippen molar-refractivity contribution in [2.24, 2.45) is 0 Å². The molecule has 3 nitrogen and oxygen atoms in total. The van der Waals surface area contributed by atoms with E-state index in [4.69, 9.17) is 23.2 Å². The lowest BCUT2D eigenvalue weighted by Crippen LogP contribution is -1.94. The molecule has 2 aromatic rings. The van der Waals surface area contributed by atoms with E-state index in [2.05, 4.69) is 15.3 Å². The maximum Gasteiger partial charge on any atom is 0.129 e. The number of hydrogen-bond donors (Lipinski definition) is 1. The lowest BCUT2D eigenvalue weighted by molar-refractivity contribution is 1.16. The largest absolute Gasteiger partial charge is 0.373 e. The molecule has 16 heavy (non-hydrogen) atoms. The van der Waals surface area contributed by atoms with Gasteiger partial charge >= 0.3 is 0 Å². The van der Waals surface area contributed by atoms with Crippen molar-refractivity contribution in [1.29, 1.82) is 0 Å². The molecule has 0 amide bonds. The molecule has 0 spiro atoms. The second kappa shape index (κ2) is 4.68. The molecule has 0 atom stereocenters. The van der Waals surface area contributed by atoms with Gasteiger partial charge in [-0.3, -0.25) is 0 Å². The Bertz CT molecular complexity index is 514. The number of nitrogens with one attached hydrogen (secondary N) is 1. The van der Waals surface area contributed by atoms with Crippen molar-refractivity contribution >= 4 is 29.0 Å². The quantitative estimate of drug-likeness (QED) is 0.891. The SMILES string of the molecule is CNc1cc(-c2ccc(Cl)cc2Cl)ncn1. The number of halogens is 2. The molecule has 1 aromatic carbocycles. The standard InChI is InChI=1S/C11H9Cl2N3/c1-14-11-5-10(15-6-16-11)8-3-2-7(12)4-9(8)13/h2-6H,1H3,(H,14,15,16). The molecule has 0 fully saturated rings. The minimum absolute atomic E-state index is 0.577. The lowest BCUT2D eigenvalue weighted by atomic mass is 10.1. The molecule has 1 heterocycles. The number of anilines is 1. The third-order valence-corrected chi connectivity index (χ3v) is 2.68. The van der Waals surface area contributed by atoms with Gasteiger partial charge in [0.05, 0.1) is 10.7 Å². The van der Waals surface area contributed by atoms with Crippen LogP contribution in [0.5, 0.6) is 0 Å². The fraction of sp³-hybridized carbons (Fsp3) is 0.0909. The number of hydrogen-bond acceptors (Lipinski definition) is 3. The maximum atomic E-state index is 6.09. The topological polar surface area (TPSA) is 37.8 Å². The zero-order valence-corrected chi connectivity index (χ0v) is 10.0. The number of benzene rings is 1. The summed E-state index contributed by atoms with van der Waals surface area (Å²) in [5.41, 5.74) is 1.60. The number of rotatable bonds is 2. The van der Waals surface area contributed by atoms with E-state index in [1.807, 2.05) is 12.1 Å². The summed E-state index contributed by atoms with van der Waals surface area (Å²) in [5.74, 6) is 0.746. The molecule has 1 aromatic heterocycles. The summed E-state index contributed by atoms with van der Waals surface area (Å²) in [4.78, 5) is 8.21. The summed E-state index contributed by atoms with van der Waals surface area (Å²) in [5, 5.41) is 4.13. The highest BCUT2D eigenvalue weighted by atomic mass is 35.5. The highest BCUT2D eigenvalue weighted by Crippen LogP contribution is 2.29. The third-order valence-electron chi connectivity index (χ3n) is 2.13. The average molecular weight is 254 g/mol. The first-order valence-corrected chi connectivity index (χ1v) is 5.41. The van der Waals surface area contributed by atoms with Crippen LogP contribution in [0.3, 0.4) is 0 Å². The van der Waals surface area contributed by atoms with Crippen LogP contribution >= 0.6 is 23.2 Å². The van der Waals surface area contributed by atoms with Gasteiger partial charge in [0.1, 0.15) is 12.1 Å². The molecule has 82 valence electrons. The molecule has 1 N–H and O–H groups in total. The van der Waals surface area contributed by atoms with Crippen molar-refractivity contribution in [2.75, 3.05) is 12.4 Å². The van der Waals surface area contributed by atoms with E-state index >= 15 is 0 Å². The van der Waals surface area contributed by atoms with Crippen LogP contribution in [0.2, 0.25) is 10.0 Å². The monoisotopic (exact) mass is 253 g/mol. The van der Waals surface area contributed by atoms with E-state index in [9.17, 15) is 0 Å². The van der Waals surface area contributed by atoms with Crippen molar-refractivity contribution in [2.45, 2.75) is 0 Å². The van der Waals surface area contributed by atoms with Crippen molar-refractivity contribution in [3.8, 4) is 11.3 Å². The van der Waals surface area contributed by atoms with Crippen LogP contribution < -0.4 is 5.32 Å². The van der Waals surface area contributed by atoms with Crippen LogP contribution in [0.15, 0.2) is 30.6 Å². The van der Waals surface area contributed by atoms with E-state index in [1.165, 1.54) is 6.33 Å². The van der Waals surface area contributed by atoms with Gasteiger partial charge in [-0.1, -0.05) is 23.2 Å². The van der Waals surface area contributed by atoms with Crippen LogP contribution in [0.25, 0.3) is 11.3 Å². The summed E-state index contributed by atoms with van der Waals surface area (Å²) >= 11 is 11.9. The number of aromatic nitrogens is 2. The summed E-state index contributed by atoms with van der Waals surface area (Å²) < 4.78 is 0. The van der Waals surface area contributed by atoms with Gasteiger partial charge in [-0.25, -0.2) is 9.97 Å². The first kappa shape index (κ1) is 11.2. The Labute approximate surface area is 103 Å². The summed E-state index contributed by atoms with van der Waals surface area (Å²) in [6, 6.07) is 7.14.